The van der Waals surface area contributed by atoms with Gasteiger partial charge in [0.2, 0.25) is 15.9 Å². The van der Waals surface area contributed by atoms with Crippen LogP contribution < -0.4 is 14.8 Å². The molecular formula is C42H47F2N3O6S. The van der Waals surface area contributed by atoms with Crippen LogP contribution in [-0.4, -0.2) is 61.2 Å². The van der Waals surface area contributed by atoms with E-state index in [9.17, 15) is 18.0 Å². The van der Waals surface area contributed by atoms with Crippen LogP contribution in [0, 0.1) is 0 Å². The molecule has 1 saturated carbocycles. The summed E-state index contributed by atoms with van der Waals surface area (Å²) in [5.74, 6) is -4.26. The van der Waals surface area contributed by atoms with Crippen LogP contribution in [0.3, 0.4) is 0 Å². The molecule has 3 atom stereocenters. The molecule has 2 heterocycles. The van der Waals surface area contributed by atoms with Gasteiger partial charge in [-0.3, -0.25) is 4.79 Å². The lowest BCUT2D eigenvalue weighted by atomic mass is 9.93. The van der Waals surface area contributed by atoms with Crippen molar-refractivity contribution in [1.29, 1.82) is 0 Å². The third-order valence-corrected chi connectivity index (χ3v) is 12.1. The maximum absolute atomic E-state index is 16.9. The van der Waals surface area contributed by atoms with E-state index in [4.69, 9.17) is 9.47 Å². The van der Waals surface area contributed by atoms with E-state index in [0.29, 0.717) is 42.4 Å². The summed E-state index contributed by atoms with van der Waals surface area (Å²) in [5, 5.41) is 4.19. The molecule has 54 heavy (non-hydrogen) atoms. The molecule has 3 unspecified atom stereocenters. The average molecular weight is 760 g/mol. The van der Waals surface area contributed by atoms with Gasteiger partial charge in [0.25, 0.3) is 5.92 Å². The second-order valence-corrected chi connectivity index (χ2v) is 17.5. The minimum atomic E-state index is -4.65. The fraction of sp³-hybridized carbons (Fsp3) is 0.429. The number of halogens is 2. The number of nitrogens with one attached hydrogen (secondary N) is 2. The first-order valence-electron chi connectivity index (χ1n) is 18.7. The molecule has 2 aliphatic heterocycles. The molecule has 0 aromatic heterocycles. The second kappa shape index (κ2) is 14.9. The normalized spacial score (nSPS) is 21.2. The first-order valence-corrected chi connectivity index (χ1v) is 20.2. The van der Waals surface area contributed by atoms with E-state index in [1.54, 1.807) is 51.1 Å². The Labute approximate surface area is 315 Å². The standard InChI is InChI=1S/C42H47F2N3O6S/c1-41(2,3)53-40(49)45-32-25-33-19-20-34(26-32)47(33)39(48)38(42(43,44)31-17-13-28(14-18-31)27-9-5-4-6-10-27)46-54(50,51)37-22-16-29-23-36(21-15-30(29)24-37)52-35-11-7-8-12-35/h4-6,9-10,13-18,21-24,32-35,38,46H,7-8,11-12,19-20,25-26H2,1-3H3,(H,45,49). The number of hydrogen-bond acceptors (Lipinski definition) is 6. The van der Waals surface area contributed by atoms with Gasteiger partial charge in [0.15, 0.2) is 6.04 Å². The number of rotatable bonds is 10. The molecule has 0 spiro atoms. The summed E-state index contributed by atoms with van der Waals surface area (Å²) < 4.78 is 75.6. The number of hydrogen-bond donors (Lipinski definition) is 2. The summed E-state index contributed by atoms with van der Waals surface area (Å²) in [7, 11) is -4.65. The third-order valence-electron chi connectivity index (χ3n) is 10.7. The molecule has 3 fully saturated rings. The summed E-state index contributed by atoms with van der Waals surface area (Å²) in [6, 6.07) is 20.9. The van der Waals surface area contributed by atoms with Gasteiger partial charge in [-0.2, -0.15) is 13.5 Å². The van der Waals surface area contributed by atoms with Crippen molar-refractivity contribution in [2.75, 3.05) is 0 Å². The molecule has 4 aromatic rings. The van der Waals surface area contributed by atoms with Crippen molar-refractivity contribution in [3.63, 3.8) is 0 Å². The lowest BCUT2D eigenvalue weighted by Crippen LogP contribution is -2.61. The van der Waals surface area contributed by atoms with Crippen LogP contribution in [-0.2, 0) is 25.5 Å². The number of alkyl carbamates (subject to hydrolysis) is 1. The zero-order chi connectivity index (χ0) is 38.3. The average Bonchev–Trinajstić information content (AvgIpc) is 3.74. The fourth-order valence-corrected chi connectivity index (χ4v) is 9.33. The lowest BCUT2D eigenvalue weighted by molar-refractivity contribution is -0.149. The van der Waals surface area contributed by atoms with E-state index in [2.05, 4.69) is 10.0 Å². The second-order valence-electron chi connectivity index (χ2n) is 15.8. The highest BCUT2D eigenvalue weighted by Gasteiger charge is 2.54. The SMILES string of the molecule is CC(C)(C)OC(=O)NC1CC2CCC(C1)N2C(=O)C(NS(=O)(=O)c1ccc2cc(OC3CCCC3)ccc2c1)C(F)(F)c1ccc(-c2ccccc2)cc1. The highest BCUT2D eigenvalue weighted by Crippen LogP contribution is 2.41. The largest absolute Gasteiger partial charge is 0.490 e. The van der Waals surface area contributed by atoms with Gasteiger partial charge in [-0.25, -0.2) is 13.2 Å². The predicted octanol–water partition coefficient (Wildman–Crippen LogP) is 8.31. The fourth-order valence-electron chi connectivity index (χ4n) is 8.10. The lowest BCUT2D eigenvalue weighted by Gasteiger charge is -2.42. The number of carbonyl (C=O) groups is 2. The number of ether oxygens (including phenoxy) is 2. The molecule has 2 saturated heterocycles. The van der Waals surface area contributed by atoms with Crippen LogP contribution in [0.2, 0.25) is 0 Å². The monoisotopic (exact) mass is 759 g/mol. The van der Waals surface area contributed by atoms with Gasteiger partial charge < -0.3 is 19.7 Å². The minimum Gasteiger partial charge on any atom is -0.490 e. The maximum atomic E-state index is 16.9. The molecule has 9 nitrogen and oxygen atoms in total. The maximum Gasteiger partial charge on any atom is 0.407 e. The van der Waals surface area contributed by atoms with E-state index in [0.717, 1.165) is 36.6 Å². The molecule has 1 aliphatic carbocycles. The third kappa shape index (κ3) is 8.24. The number of piperidine rings is 1. The zero-order valence-corrected chi connectivity index (χ0v) is 31.6. The Hall–Kier alpha value is -4.55. The van der Waals surface area contributed by atoms with Gasteiger partial charge in [0, 0.05) is 23.7 Å². The Morgan fingerprint density at radius 2 is 1.41 bits per heavy atom. The smallest absolute Gasteiger partial charge is 0.407 e. The van der Waals surface area contributed by atoms with E-state index in [1.807, 2.05) is 36.4 Å². The zero-order valence-electron chi connectivity index (χ0n) is 30.8. The summed E-state index contributed by atoms with van der Waals surface area (Å²) in [6.45, 7) is 5.28. The van der Waals surface area contributed by atoms with Gasteiger partial charge in [0.05, 0.1) is 11.0 Å². The van der Waals surface area contributed by atoms with Crippen molar-refractivity contribution < 1.29 is 36.3 Å². The van der Waals surface area contributed by atoms with Crippen molar-refractivity contribution in [2.45, 2.75) is 119 Å². The molecule has 2 amide bonds. The van der Waals surface area contributed by atoms with E-state index < -0.39 is 57.2 Å². The van der Waals surface area contributed by atoms with Gasteiger partial charge in [-0.15, -0.1) is 0 Å². The number of alkyl halides is 2. The first-order chi connectivity index (χ1) is 25.7. The number of sulfonamides is 1. The molecule has 7 rings (SSSR count). The number of benzene rings is 4. The molecule has 0 radical (unpaired) electrons. The Bertz CT molecular complexity index is 2090. The van der Waals surface area contributed by atoms with Crippen molar-refractivity contribution in [1.82, 2.24) is 14.9 Å². The Morgan fingerprint density at radius 3 is 2.06 bits per heavy atom. The van der Waals surface area contributed by atoms with E-state index in [-0.39, 0.29) is 17.0 Å². The van der Waals surface area contributed by atoms with Crippen LogP contribution in [0.5, 0.6) is 5.75 Å². The van der Waals surface area contributed by atoms with Gasteiger partial charge in [-0.1, -0.05) is 66.7 Å². The predicted molar refractivity (Wildman–Crippen MR) is 203 cm³/mol. The topological polar surface area (TPSA) is 114 Å². The summed E-state index contributed by atoms with van der Waals surface area (Å²) >= 11 is 0. The highest BCUT2D eigenvalue weighted by molar-refractivity contribution is 7.89. The highest BCUT2D eigenvalue weighted by atomic mass is 32.2. The number of amides is 2. The van der Waals surface area contributed by atoms with Crippen LogP contribution in [0.15, 0.2) is 95.9 Å². The molecule has 2 bridgehead atoms. The number of fused-ring (bicyclic) bond motifs is 3. The van der Waals surface area contributed by atoms with Gasteiger partial charge >= 0.3 is 6.09 Å². The Balaban J connectivity index is 1.17. The Morgan fingerprint density at radius 1 is 0.796 bits per heavy atom. The minimum absolute atomic E-state index is 0.152. The van der Waals surface area contributed by atoms with Crippen molar-refractivity contribution in [3.05, 3.63) is 96.6 Å². The number of carbonyl (C=O) groups excluding carboxylic acids is 2. The van der Waals surface area contributed by atoms with Crippen molar-refractivity contribution >= 4 is 32.8 Å². The summed E-state index contributed by atoms with van der Waals surface area (Å²) in [6.07, 6.45) is 5.53. The van der Waals surface area contributed by atoms with E-state index >= 15 is 8.78 Å². The quantitative estimate of drug-likeness (QED) is 0.168. The van der Waals surface area contributed by atoms with Gasteiger partial charge in [-0.05, 0) is 118 Å². The van der Waals surface area contributed by atoms with Crippen molar-refractivity contribution in [2.24, 2.45) is 0 Å². The van der Waals surface area contributed by atoms with E-state index in [1.165, 1.54) is 29.2 Å². The van der Waals surface area contributed by atoms with Crippen molar-refractivity contribution in [3.8, 4) is 16.9 Å². The van der Waals surface area contributed by atoms with Crippen LogP contribution in [0.4, 0.5) is 13.6 Å². The van der Waals surface area contributed by atoms with Crippen LogP contribution in [0.1, 0.15) is 77.7 Å². The van der Waals surface area contributed by atoms with Crippen LogP contribution in [0.25, 0.3) is 21.9 Å². The van der Waals surface area contributed by atoms with Gasteiger partial charge in [0.1, 0.15) is 11.4 Å². The number of nitrogens with zero attached hydrogens (tertiary/aromatic N) is 1. The first kappa shape index (κ1) is 37.8. The summed E-state index contributed by atoms with van der Waals surface area (Å²) in [4.78, 5) is 28.2. The molecule has 2 N–H and O–H groups in total. The Kier molecular flexibility index (Phi) is 10.4. The molecule has 286 valence electrons. The molecular weight excluding hydrogens is 713 g/mol. The molecule has 12 heteroatoms. The molecule has 4 aromatic carbocycles. The molecule has 3 aliphatic rings. The summed E-state index contributed by atoms with van der Waals surface area (Å²) in [5.41, 5.74) is 0.329. The van der Waals surface area contributed by atoms with Crippen LogP contribution >= 0.6 is 0 Å².